The Morgan fingerprint density at radius 2 is 1.69 bits per heavy atom. The smallest absolute Gasteiger partial charge is 0.254 e. The molecule has 1 aliphatic rings. The third-order valence-corrected chi connectivity index (χ3v) is 5.77. The minimum Gasteiger partial charge on any atom is -0.497 e. The molecular formula is C25H26N6O4. The van der Waals surface area contributed by atoms with Crippen molar-refractivity contribution in [3.05, 3.63) is 65.9 Å². The first-order chi connectivity index (χ1) is 17.0. The van der Waals surface area contributed by atoms with E-state index in [2.05, 4.69) is 16.5 Å². The van der Waals surface area contributed by atoms with Crippen molar-refractivity contribution in [1.29, 1.82) is 5.26 Å². The highest BCUT2D eigenvalue weighted by Gasteiger charge is 2.25. The number of carbonyl (C=O) groups is 2. The number of benzene rings is 2. The van der Waals surface area contributed by atoms with Crippen LogP contribution in [0.5, 0.6) is 11.5 Å². The van der Waals surface area contributed by atoms with Crippen LogP contribution in [0.1, 0.15) is 15.9 Å². The summed E-state index contributed by atoms with van der Waals surface area (Å²) in [7, 11) is 3.08. The summed E-state index contributed by atoms with van der Waals surface area (Å²) >= 11 is 0. The lowest BCUT2D eigenvalue weighted by Gasteiger charge is -2.34. The largest absolute Gasteiger partial charge is 0.497 e. The highest BCUT2D eigenvalue weighted by molar-refractivity contribution is 5.95. The second kappa shape index (κ2) is 10.7. The molecule has 0 spiro atoms. The predicted molar refractivity (Wildman–Crippen MR) is 129 cm³/mol. The van der Waals surface area contributed by atoms with Gasteiger partial charge in [0, 0.05) is 37.8 Å². The molecule has 3 aromatic rings. The number of carbonyl (C=O) groups excluding carboxylic acids is 2. The third kappa shape index (κ3) is 5.42. The van der Waals surface area contributed by atoms with Crippen LogP contribution in [0.25, 0.3) is 5.69 Å². The van der Waals surface area contributed by atoms with Gasteiger partial charge in [-0.2, -0.15) is 10.4 Å². The van der Waals surface area contributed by atoms with E-state index in [4.69, 9.17) is 9.47 Å². The van der Waals surface area contributed by atoms with E-state index in [-0.39, 0.29) is 23.9 Å². The van der Waals surface area contributed by atoms with Crippen molar-refractivity contribution in [2.75, 3.05) is 52.3 Å². The Balaban J connectivity index is 1.36. The Morgan fingerprint density at radius 1 is 1.03 bits per heavy atom. The molecule has 1 fully saturated rings. The fraction of sp³-hybridized carbons (Fsp3) is 0.280. The zero-order valence-electron chi connectivity index (χ0n) is 19.6. The lowest BCUT2D eigenvalue weighted by Crippen LogP contribution is -2.50. The summed E-state index contributed by atoms with van der Waals surface area (Å²) in [4.78, 5) is 29.5. The van der Waals surface area contributed by atoms with Gasteiger partial charge in [-0.1, -0.05) is 18.2 Å². The van der Waals surface area contributed by atoms with Crippen LogP contribution in [0.4, 0.5) is 5.82 Å². The van der Waals surface area contributed by atoms with E-state index in [1.54, 1.807) is 37.3 Å². The molecule has 10 nitrogen and oxygen atoms in total. The number of methoxy groups -OCH3 is 2. The van der Waals surface area contributed by atoms with E-state index >= 15 is 0 Å². The number of hydrogen-bond donors (Lipinski definition) is 1. The van der Waals surface area contributed by atoms with E-state index in [0.29, 0.717) is 49.1 Å². The fourth-order valence-corrected chi connectivity index (χ4v) is 3.91. The Hall–Kier alpha value is -4.36. The lowest BCUT2D eigenvalue weighted by molar-refractivity contribution is -0.117. The van der Waals surface area contributed by atoms with Crippen molar-refractivity contribution in [2.45, 2.75) is 0 Å². The summed E-state index contributed by atoms with van der Waals surface area (Å²) in [5, 5.41) is 16.5. The number of rotatable bonds is 7. The van der Waals surface area contributed by atoms with E-state index in [9.17, 15) is 14.9 Å². The summed E-state index contributed by atoms with van der Waals surface area (Å²) in [5.74, 6) is 1.07. The van der Waals surface area contributed by atoms with Crippen molar-refractivity contribution >= 4 is 17.6 Å². The average Bonchev–Trinajstić information content (AvgIpc) is 3.31. The molecule has 0 atom stereocenters. The predicted octanol–water partition coefficient (Wildman–Crippen LogP) is 2.16. The molecule has 0 aliphatic carbocycles. The highest BCUT2D eigenvalue weighted by Crippen LogP contribution is 2.24. The molecule has 180 valence electrons. The molecule has 35 heavy (non-hydrogen) atoms. The van der Waals surface area contributed by atoms with Crippen molar-refractivity contribution in [2.24, 2.45) is 0 Å². The molecule has 2 heterocycles. The van der Waals surface area contributed by atoms with Crippen LogP contribution < -0.4 is 14.8 Å². The summed E-state index contributed by atoms with van der Waals surface area (Å²) in [6.45, 7) is 2.19. The van der Waals surface area contributed by atoms with Gasteiger partial charge in [-0.3, -0.25) is 14.5 Å². The Bertz CT molecular complexity index is 1220. The first-order valence-corrected chi connectivity index (χ1v) is 11.1. The lowest BCUT2D eigenvalue weighted by atomic mass is 10.1. The van der Waals surface area contributed by atoms with Crippen LogP contribution in [-0.4, -0.2) is 78.3 Å². The maximum Gasteiger partial charge on any atom is 0.254 e. The molecule has 1 aromatic heterocycles. The van der Waals surface area contributed by atoms with Gasteiger partial charge >= 0.3 is 0 Å². The number of nitriles is 1. The van der Waals surface area contributed by atoms with Crippen LogP contribution in [0.2, 0.25) is 0 Å². The number of ether oxygens (including phenoxy) is 2. The number of hydrogen-bond acceptors (Lipinski definition) is 7. The average molecular weight is 475 g/mol. The number of piperazine rings is 1. The van der Waals surface area contributed by atoms with Crippen molar-refractivity contribution in [3.63, 3.8) is 0 Å². The first kappa shape index (κ1) is 23.8. The van der Waals surface area contributed by atoms with Crippen LogP contribution in [0.3, 0.4) is 0 Å². The maximum atomic E-state index is 13.0. The van der Waals surface area contributed by atoms with Gasteiger partial charge in [-0.05, 0) is 24.3 Å². The van der Waals surface area contributed by atoms with Crippen molar-refractivity contribution in [3.8, 4) is 23.3 Å². The topological polar surface area (TPSA) is 113 Å². The molecule has 0 bridgehead atoms. The van der Waals surface area contributed by atoms with Gasteiger partial charge in [0.1, 0.15) is 23.1 Å². The van der Waals surface area contributed by atoms with E-state index in [1.807, 2.05) is 35.2 Å². The Labute approximate surface area is 203 Å². The molecule has 2 amide bonds. The minimum absolute atomic E-state index is 0.114. The van der Waals surface area contributed by atoms with Gasteiger partial charge in [0.05, 0.1) is 32.6 Å². The number of nitrogens with zero attached hydrogens (tertiary/aromatic N) is 5. The third-order valence-electron chi connectivity index (χ3n) is 5.77. The van der Waals surface area contributed by atoms with E-state index in [1.165, 1.54) is 10.9 Å². The van der Waals surface area contributed by atoms with Gasteiger partial charge in [0.25, 0.3) is 5.91 Å². The number of para-hydroxylation sites is 1. The number of aromatic nitrogens is 2. The van der Waals surface area contributed by atoms with Crippen LogP contribution in [-0.2, 0) is 4.79 Å². The van der Waals surface area contributed by atoms with Gasteiger partial charge in [-0.25, -0.2) is 4.68 Å². The highest BCUT2D eigenvalue weighted by atomic mass is 16.5. The SMILES string of the molecule is COc1cc(OC)cc(C(=O)N2CCN(CC(=O)Nc3c(C#N)cnn3-c3ccccc3)CC2)c1. The molecule has 1 N–H and O–H groups in total. The van der Waals surface area contributed by atoms with Crippen LogP contribution >= 0.6 is 0 Å². The van der Waals surface area contributed by atoms with Crippen molar-refractivity contribution in [1.82, 2.24) is 19.6 Å². The van der Waals surface area contributed by atoms with Gasteiger partial charge in [0.15, 0.2) is 5.82 Å². The molecule has 0 radical (unpaired) electrons. The molecular weight excluding hydrogens is 448 g/mol. The van der Waals surface area contributed by atoms with Crippen molar-refractivity contribution < 1.29 is 19.1 Å². The second-order valence-corrected chi connectivity index (χ2v) is 7.98. The maximum absolute atomic E-state index is 13.0. The number of anilines is 1. The first-order valence-electron chi connectivity index (χ1n) is 11.1. The Morgan fingerprint density at radius 3 is 2.29 bits per heavy atom. The minimum atomic E-state index is -0.253. The molecule has 2 aromatic carbocycles. The zero-order valence-corrected chi connectivity index (χ0v) is 19.6. The zero-order chi connectivity index (χ0) is 24.8. The monoisotopic (exact) mass is 474 g/mol. The Kier molecular flexibility index (Phi) is 7.28. The summed E-state index contributed by atoms with van der Waals surface area (Å²) < 4.78 is 12.1. The normalized spacial score (nSPS) is 13.7. The molecule has 1 saturated heterocycles. The molecule has 10 heteroatoms. The summed E-state index contributed by atoms with van der Waals surface area (Å²) in [5.41, 5.74) is 1.52. The summed E-state index contributed by atoms with van der Waals surface area (Å²) in [6, 6.07) is 16.5. The van der Waals surface area contributed by atoms with Crippen LogP contribution in [0.15, 0.2) is 54.7 Å². The van der Waals surface area contributed by atoms with E-state index in [0.717, 1.165) is 5.69 Å². The van der Waals surface area contributed by atoms with Crippen LogP contribution in [0, 0.1) is 11.3 Å². The van der Waals surface area contributed by atoms with Gasteiger partial charge in [-0.15, -0.1) is 0 Å². The van der Waals surface area contributed by atoms with Gasteiger partial charge in [0.2, 0.25) is 5.91 Å². The number of nitrogens with one attached hydrogen (secondary N) is 1. The second-order valence-electron chi connectivity index (χ2n) is 7.98. The molecule has 1 aliphatic heterocycles. The summed E-state index contributed by atoms with van der Waals surface area (Å²) in [6.07, 6.45) is 1.43. The van der Waals surface area contributed by atoms with E-state index < -0.39 is 0 Å². The number of amides is 2. The standard InChI is InChI=1S/C25H26N6O4/c1-34-21-12-18(13-22(14-21)35-2)25(33)30-10-8-29(9-11-30)17-23(32)28-24-19(15-26)16-27-31(24)20-6-4-3-5-7-20/h3-7,12-14,16H,8-11,17H2,1-2H3,(H,28,32). The molecule has 0 saturated carbocycles. The quantitative estimate of drug-likeness (QED) is 0.558. The molecule has 4 rings (SSSR count). The molecule has 0 unspecified atom stereocenters. The fourth-order valence-electron chi connectivity index (χ4n) is 3.91. The van der Waals surface area contributed by atoms with Gasteiger partial charge < -0.3 is 19.7 Å².